The Bertz CT molecular complexity index is 84.1. The lowest BCUT2D eigenvalue weighted by Gasteiger charge is -1.99. The largest absolute Gasteiger partial charge is 0.465 e. The SMILES string of the molecule is CCOC(=O)C(Br)I. The lowest BCUT2D eigenvalue weighted by atomic mass is 10.8. The van der Waals surface area contributed by atoms with E-state index in [9.17, 15) is 4.79 Å². The Labute approximate surface area is 70.2 Å². The van der Waals surface area contributed by atoms with Crippen molar-refractivity contribution < 1.29 is 9.53 Å². The monoisotopic (exact) mass is 292 g/mol. The zero-order valence-electron chi connectivity index (χ0n) is 4.36. The van der Waals surface area contributed by atoms with Crippen LogP contribution in [0.25, 0.3) is 0 Å². The van der Waals surface area contributed by atoms with Crippen LogP contribution < -0.4 is 0 Å². The Morgan fingerprint density at radius 2 is 2.50 bits per heavy atom. The van der Waals surface area contributed by atoms with E-state index in [1.54, 1.807) is 6.92 Å². The summed E-state index contributed by atoms with van der Waals surface area (Å²) >= 11 is 4.99. The first-order chi connectivity index (χ1) is 3.68. The highest BCUT2D eigenvalue weighted by atomic mass is 127. The second-order valence-electron chi connectivity index (χ2n) is 1.05. The average molecular weight is 293 g/mol. The molecule has 2 nitrogen and oxygen atoms in total. The van der Waals surface area contributed by atoms with Crippen molar-refractivity contribution in [3.05, 3.63) is 0 Å². The van der Waals surface area contributed by atoms with Gasteiger partial charge in [0.25, 0.3) is 0 Å². The molecular formula is C4H6BrIO2. The van der Waals surface area contributed by atoms with E-state index in [2.05, 4.69) is 20.7 Å². The molecule has 1 unspecified atom stereocenters. The van der Waals surface area contributed by atoms with Crippen LogP contribution in [0.5, 0.6) is 0 Å². The Kier molecular flexibility index (Phi) is 4.94. The first kappa shape index (κ1) is 8.68. The van der Waals surface area contributed by atoms with E-state index in [-0.39, 0.29) is 8.80 Å². The topological polar surface area (TPSA) is 26.3 Å². The molecule has 0 aromatic carbocycles. The normalized spacial score (nSPS) is 12.9. The number of alkyl halides is 2. The first-order valence-corrected chi connectivity index (χ1v) is 4.29. The van der Waals surface area contributed by atoms with E-state index < -0.39 is 0 Å². The smallest absolute Gasteiger partial charge is 0.329 e. The predicted octanol–water partition coefficient (Wildman–Crippen LogP) is 1.71. The molecule has 0 bridgehead atoms. The van der Waals surface area contributed by atoms with Crippen LogP contribution in [0.2, 0.25) is 0 Å². The second kappa shape index (κ2) is 4.55. The maximum absolute atomic E-state index is 10.5. The molecule has 0 amide bonds. The maximum atomic E-state index is 10.5. The van der Waals surface area contributed by atoms with Crippen LogP contribution in [0.3, 0.4) is 0 Å². The number of ether oxygens (including phenoxy) is 1. The molecule has 0 aliphatic heterocycles. The second-order valence-corrected chi connectivity index (χ2v) is 4.93. The van der Waals surface area contributed by atoms with Gasteiger partial charge in [-0.3, -0.25) is 0 Å². The van der Waals surface area contributed by atoms with Crippen LogP contribution >= 0.6 is 38.5 Å². The van der Waals surface area contributed by atoms with Gasteiger partial charge in [0.2, 0.25) is 0 Å². The van der Waals surface area contributed by atoms with Gasteiger partial charge in [-0.1, -0.05) is 38.5 Å². The number of rotatable bonds is 2. The van der Waals surface area contributed by atoms with Crippen molar-refractivity contribution in [2.24, 2.45) is 0 Å². The lowest BCUT2D eigenvalue weighted by Crippen LogP contribution is -2.10. The minimum Gasteiger partial charge on any atom is -0.465 e. The van der Waals surface area contributed by atoms with Gasteiger partial charge in [0.1, 0.15) is 0 Å². The molecular weight excluding hydrogens is 287 g/mol. The molecule has 0 saturated carbocycles. The van der Waals surface area contributed by atoms with Gasteiger partial charge in [-0.2, -0.15) is 0 Å². The molecule has 0 aromatic heterocycles. The maximum Gasteiger partial charge on any atom is 0.329 e. The fraction of sp³-hybridized carbons (Fsp3) is 0.750. The van der Waals surface area contributed by atoms with Crippen molar-refractivity contribution in [3.8, 4) is 0 Å². The Morgan fingerprint density at radius 1 is 2.00 bits per heavy atom. The van der Waals surface area contributed by atoms with E-state index in [4.69, 9.17) is 0 Å². The molecule has 48 valence electrons. The van der Waals surface area contributed by atoms with E-state index >= 15 is 0 Å². The molecule has 1 atom stereocenters. The van der Waals surface area contributed by atoms with Crippen molar-refractivity contribution in [1.29, 1.82) is 0 Å². The molecule has 8 heavy (non-hydrogen) atoms. The summed E-state index contributed by atoms with van der Waals surface area (Å²) in [5.74, 6) is -0.215. The fourth-order valence-corrected chi connectivity index (χ4v) is 0.517. The molecule has 0 saturated heterocycles. The van der Waals surface area contributed by atoms with Gasteiger partial charge in [0.15, 0.2) is 2.83 Å². The summed E-state index contributed by atoms with van der Waals surface area (Å²) in [4.78, 5) is 10.5. The summed E-state index contributed by atoms with van der Waals surface area (Å²) in [7, 11) is 0. The summed E-state index contributed by atoms with van der Waals surface area (Å²) in [6.45, 7) is 2.23. The van der Waals surface area contributed by atoms with Crippen molar-refractivity contribution in [2.45, 2.75) is 9.76 Å². The highest BCUT2D eigenvalue weighted by molar-refractivity contribution is 14.1. The summed E-state index contributed by atoms with van der Waals surface area (Å²) in [5.41, 5.74) is 0. The number of esters is 1. The third-order valence-corrected chi connectivity index (χ3v) is 1.35. The molecule has 0 aliphatic carbocycles. The van der Waals surface area contributed by atoms with Crippen molar-refractivity contribution in [3.63, 3.8) is 0 Å². The van der Waals surface area contributed by atoms with E-state index in [0.29, 0.717) is 6.61 Å². The Balaban J connectivity index is 3.33. The number of hydrogen-bond donors (Lipinski definition) is 0. The number of carbonyl (C=O) groups excluding carboxylic acids is 1. The van der Waals surface area contributed by atoms with Crippen molar-refractivity contribution >= 4 is 44.5 Å². The van der Waals surface area contributed by atoms with Crippen LogP contribution in [-0.4, -0.2) is 15.4 Å². The first-order valence-electron chi connectivity index (χ1n) is 2.13. The number of hydrogen-bond acceptors (Lipinski definition) is 2. The molecule has 0 radical (unpaired) electrons. The summed E-state index contributed by atoms with van der Waals surface area (Å²) in [5, 5.41) is 0. The number of halogens is 2. The highest BCUT2D eigenvalue weighted by Crippen LogP contribution is 2.09. The standard InChI is InChI=1S/C4H6BrIO2/c1-2-8-4(7)3(5)6/h3H,2H2,1H3. The predicted molar refractivity (Wildman–Crippen MR) is 43.4 cm³/mol. The quantitative estimate of drug-likeness (QED) is 0.440. The molecule has 0 aromatic rings. The summed E-state index contributed by atoms with van der Waals surface area (Å²) in [6, 6.07) is 0. The Hall–Kier alpha value is 0.680. The molecule has 0 heterocycles. The van der Waals surface area contributed by atoms with Gasteiger partial charge < -0.3 is 4.74 Å². The molecule has 0 rings (SSSR count). The van der Waals surface area contributed by atoms with Crippen molar-refractivity contribution in [1.82, 2.24) is 0 Å². The molecule has 0 N–H and O–H groups in total. The molecule has 0 spiro atoms. The highest BCUT2D eigenvalue weighted by Gasteiger charge is 2.09. The van der Waals surface area contributed by atoms with Gasteiger partial charge in [0, 0.05) is 0 Å². The average Bonchev–Trinajstić information content (AvgIpc) is 1.67. The van der Waals surface area contributed by atoms with Crippen LogP contribution in [-0.2, 0) is 9.53 Å². The minimum absolute atomic E-state index is 0.208. The molecule has 0 aliphatic rings. The third-order valence-electron chi connectivity index (χ3n) is 0.465. The van der Waals surface area contributed by atoms with Gasteiger partial charge in [-0.25, -0.2) is 4.79 Å². The van der Waals surface area contributed by atoms with E-state index in [0.717, 1.165) is 0 Å². The summed E-state index contributed by atoms with van der Waals surface area (Å²) < 4.78 is 4.40. The van der Waals surface area contributed by atoms with Gasteiger partial charge in [0.05, 0.1) is 6.61 Å². The van der Waals surface area contributed by atoms with Crippen LogP contribution in [0.4, 0.5) is 0 Å². The number of carbonyl (C=O) groups is 1. The zero-order chi connectivity index (χ0) is 6.57. The van der Waals surface area contributed by atoms with Crippen LogP contribution in [0.1, 0.15) is 6.92 Å². The molecule has 0 fully saturated rings. The fourth-order valence-electron chi connectivity index (χ4n) is 0.205. The van der Waals surface area contributed by atoms with Gasteiger partial charge in [-0.05, 0) is 6.92 Å². The Morgan fingerprint density at radius 3 is 2.62 bits per heavy atom. The van der Waals surface area contributed by atoms with Crippen LogP contribution in [0.15, 0.2) is 0 Å². The van der Waals surface area contributed by atoms with E-state index in [1.807, 2.05) is 22.6 Å². The molecule has 4 heteroatoms. The van der Waals surface area contributed by atoms with Crippen molar-refractivity contribution in [2.75, 3.05) is 6.61 Å². The van der Waals surface area contributed by atoms with Crippen LogP contribution in [0, 0.1) is 0 Å². The summed E-state index contributed by atoms with van der Waals surface area (Å²) in [6.07, 6.45) is 0. The lowest BCUT2D eigenvalue weighted by molar-refractivity contribution is -0.140. The van der Waals surface area contributed by atoms with Gasteiger partial charge in [-0.15, -0.1) is 0 Å². The third kappa shape index (κ3) is 3.65. The zero-order valence-corrected chi connectivity index (χ0v) is 8.10. The van der Waals surface area contributed by atoms with Gasteiger partial charge >= 0.3 is 5.97 Å². The van der Waals surface area contributed by atoms with E-state index in [1.165, 1.54) is 0 Å². The minimum atomic E-state index is -0.215.